The molecule has 1 aromatic carbocycles. The van der Waals surface area contributed by atoms with Crippen LogP contribution in [0.1, 0.15) is 5.56 Å². The predicted molar refractivity (Wildman–Crippen MR) is 44.2 cm³/mol. The molecule has 1 rings (SSSR count). The Bertz CT molecular complexity index is 220. The maximum absolute atomic E-state index is 5.73. The Labute approximate surface area is 64.5 Å². The van der Waals surface area contributed by atoms with Crippen molar-refractivity contribution in [2.75, 3.05) is 0 Å². The van der Waals surface area contributed by atoms with Gasteiger partial charge in [0.25, 0.3) is 0 Å². The summed E-state index contributed by atoms with van der Waals surface area (Å²) < 4.78 is 0. The molecule has 0 fully saturated rings. The standard InChI is InChI=1S/C7H5ClS/c8-7-4-2-1-3-6(7)5-9/h1-5H. The van der Waals surface area contributed by atoms with Crippen molar-refractivity contribution in [3.63, 3.8) is 0 Å². The first-order valence-corrected chi connectivity index (χ1v) is 3.39. The van der Waals surface area contributed by atoms with Crippen molar-refractivity contribution in [3.05, 3.63) is 34.9 Å². The van der Waals surface area contributed by atoms with E-state index in [2.05, 4.69) is 0 Å². The number of hydrogen-bond acceptors (Lipinski definition) is 1. The number of rotatable bonds is 1. The zero-order chi connectivity index (χ0) is 6.69. The summed E-state index contributed by atoms with van der Waals surface area (Å²) in [6.07, 6.45) is 0. The quantitative estimate of drug-likeness (QED) is 0.564. The summed E-state index contributed by atoms with van der Waals surface area (Å²) in [4.78, 5) is 0. The van der Waals surface area contributed by atoms with Gasteiger partial charge in [-0.3, -0.25) is 0 Å². The predicted octanol–water partition coefficient (Wildman–Crippen LogP) is 2.69. The molecule has 9 heavy (non-hydrogen) atoms. The smallest absolute Gasteiger partial charge is 0.0486 e. The van der Waals surface area contributed by atoms with E-state index in [-0.39, 0.29) is 0 Å². The van der Waals surface area contributed by atoms with E-state index in [1.807, 2.05) is 24.3 Å². The molecule has 0 aliphatic rings. The second-order valence-corrected chi connectivity index (χ2v) is 2.28. The van der Waals surface area contributed by atoms with E-state index >= 15 is 0 Å². The van der Waals surface area contributed by atoms with Gasteiger partial charge in [-0.1, -0.05) is 42.0 Å². The topological polar surface area (TPSA) is 0 Å². The third-order valence-electron chi connectivity index (χ3n) is 1.03. The van der Waals surface area contributed by atoms with Crippen LogP contribution in [0.25, 0.3) is 0 Å². The van der Waals surface area contributed by atoms with Crippen LogP contribution < -0.4 is 0 Å². The Kier molecular flexibility index (Phi) is 2.20. The van der Waals surface area contributed by atoms with Crippen molar-refractivity contribution >= 4 is 29.2 Å². The summed E-state index contributed by atoms with van der Waals surface area (Å²) in [5.74, 6) is 0. The first kappa shape index (κ1) is 6.72. The van der Waals surface area contributed by atoms with Crippen LogP contribution in [0.15, 0.2) is 24.3 Å². The molecule has 0 saturated heterocycles. The van der Waals surface area contributed by atoms with Crippen LogP contribution in [0.5, 0.6) is 0 Å². The lowest BCUT2D eigenvalue weighted by Crippen LogP contribution is -1.76. The van der Waals surface area contributed by atoms with Gasteiger partial charge in [0.05, 0.1) is 0 Å². The molecule has 2 heteroatoms. The summed E-state index contributed by atoms with van der Waals surface area (Å²) in [5, 5.41) is 2.29. The fourth-order valence-electron chi connectivity index (χ4n) is 0.571. The van der Waals surface area contributed by atoms with Crippen molar-refractivity contribution in [1.82, 2.24) is 0 Å². The fourth-order valence-corrected chi connectivity index (χ4v) is 1.03. The van der Waals surface area contributed by atoms with E-state index in [9.17, 15) is 0 Å². The maximum atomic E-state index is 5.73. The summed E-state index contributed by atoms with van der Waals surface area (Å²) in [6, 6.07) is 7.49. The zero-order valence-corrected chi connectivity index (χ0v) is 6.25. The molecule has 0 spiro atoms. The Morgan fingerprint density at radius 2 is 2.00 bits per heavy atom. The lowest BCUT2D eigenvalue weighted by Gasteiger charge is -1.91. The molecule has 46 valence electrons. The molecule has 1 aromatic rings. The van der Waals surface area contributed by atoms with E-state index < -0.39 is 0 Å². The average molecular weight is 157 g/mol. The SMILES string of the molecule is S=Cc1ccccc1Cl. The molecule has 0 aromatic heterocycles. The van der Waals surface area contributed by atoms with E-state index in [1.54, 1.807) is 5.37 Å². The van der Waals surface area contributed by atoms with E-state index in [4.69, 9.17) is 23.8 Å². The Balaban J connectivity index is 3.15. The second-order valence-electron chi connectivity index (χ2n) is 1.64. The molecule has 0 nitrogen and oxygen atoms in total. The molecule has 0 radical (unpaired) electrons. The van der Waals surface area contributed by atoms with E-state index in [0.29, 0.717) is 5.02 Å². The van der Waals surface area contributed by atoms with Gasteiger partial charge in [0.15, 0.2) is 0 Å². The van der Waals surface area contributed by atoms with Crippen LogP contribution in [0, 0.1) is 0 Å². The third-order valence-corrected chi connectivity index (χ3v) is 1.63. The van der Waals surface area contributed by atoms with Gasteiger partial charge >= 0.3 is 0 Å². The van der Waals surface area contributed by atoms with Gasteiger partial charge in [0, 0.05) is 16.0 Å². The van der Waals surface area contributed by atoms with E-state index in [1.165, 1.54) is 0 Å². The van der Waals surface area contributed by atoms with Crippen LogP contribution in [-0.2, 0) is 0 Å². The highest BCUT2D eigenvalue weighted by molar-refractivity contribution is 7.79. The molecule has 0 unspecified atom stereocenters. The Morgan fingerprint density at radius 3 is 2.44 bits per heavy atom. The van der Waals surface area contributed by atoms with Gasteiger partial charge in [0.1, 0.15) is 0 Å². The molecule has 0 bridgehead atoms. The number of thiocarbonyl (C=S) groups is 1. The highest BCUT2D eigenvalue weighted by atomic mass is 35.5. The summed E-state index contributed by atoms with van der Waals surface area (Å²) in [7, 11) is 0. The van der Waals surface area contributed by atoms with Crippen molar-refractivity contribution in [3.8, 4) is 0 Å². The molecule has 0 saturated carbocycles. The van der Waals surface area contributed by atoms with Gasteiger partial charge in [0.2, 0.25) is 0 Å². The minimum Gasteiger partial charge on any atom is -0.0880 e. The molecular weight excluding hydrogens is 152 g/mol. The minimum atomic E-state index is 0.715. The molecule has 0 N–H and O–H groups in total. The Hall–Kier alpha value is -0.400. The largest absolute Gasteiger partial charge is 0.0880 e. The van der Waals surface area contributed by atoms with Gasteiger partial charge < -0.3 is 0 Å². The van der Waals surface area contributed by atoms with Crippen LogP contribution in [0.4, 0.5) is 0 Å². The maximum Gasteiger partial charge on any atom is 0.0486 e. The summed E-state index contributed by atoms with van der Waals surface area (Å²) in [6.45, 7) is 0. The molecule has 0 aliphatic heterocycles. The summed E-state index contributed by atoms with van der Waals surface area (Å²) in [5.41, 5.74) is 0.911. The first-order chi connectivity index (χ1) is 4.34. The number of benzene rings is 1. The molecule has 0 aliphatic carbocycles. The lowest BCUT2D eigenvalue weighted by molar-refractivity contribution is 1.69. The number of hydrogen-bond donors (Lipinski definition) is 0. The van der Waals surface area contributed by atoms with Crippen LogP contribution in [0.3, 0.4) is 0 Å². The fraction of sp³-hybridized carbons (Fsp3) is 0. The monoisotopic (exact) mass is 156 g/mol. The molecule has 0 amide bonds. The molecule has 0 atom stereocenters. The molecular formula is C7H5ClS. The third kappa shape index (κ3) is 1.50. The highest BCUT2D eigenvalue weighted by Crippen LogP contribution is 2.11. The Morgan fingerprint density at radius 1 is 1.33 bits per heavy atom. The highest BCUT2D eigenvalue weighted by Gasteiger charge is 1.90. The first-order valence-electron chi connectivity index (χ1n) is 2.54. The van der Waals surface area contributed by atoms with Crippen LogP contribution in [0.2, 0.25) is 5.02 Å². The lowest BCUT2D eigenvalue weighted by atomic mass is 10.2. The van der Waals surface area contributed by atoms with Gasteiger partial charge in [-0.15, -0.1) is 0 Å². The number of halogens is 1. The van der Waals surface area contributed by atoms with Crippen LogP contribution >= 0.6 is 23.8 Å². The van der Waals surface area contributed by atoms with Gasteiger partial charge in [-0.05, 0) is 6.07 Å². The van der Waals surface area contributed by atoms with Crippen molar-refractivity contribution < 1.29 is 0 Å². The van der Waals surface area contributed by atoms with Crippen molar-refractivity contribution in [2.24, 2.45) is 0 Å². The molecule has 0 heterocycles. The normalized spacial score (nSPS) is 9.00. The van der Waals surface area contributed by atoms with Crippen LogP contribution in [-0.4, -0.2) is 5.37 Å². The minimum absolute atomic E-state index is 0.715. The van der Waals surface area contributed by atoms with Gasteiger partial charge in [-0.2, -0.15) is 0 Å². The average Bonchev–Trinajstić information content (AvgIpc) is 1.89. The van der Waals surface area contributed by atoms with Crippen molar-refractivity contribution in [1.29, 1.82) is 0 Å². The summed E-state index contributed by atoms with van der Waals surface area (Å²) >= 11 is 10.4. The zero-order valence-electron chi connectivity index (χ0n) is 4.67. The van der Waals surface area contributed by atoms with E-state index in [0.717, 1.165) is 5.56 Å². The van der Waals surface area contributed by atoms with Gasteiger partial charge in [-0.25, -0.2) is 0 Å². The van der Waals surface area contributed by atoms with Crippen molar-refractivity contribution in [2.45, 2.75) is 0 Å². The second kappa shape index (κ2) is 2.95.